The Hall–Kier alpha value is -2.88. The van der Waals surface area contributed by atoms with E-state index >= 15 is 0 Å². The summed E-state index contributed by atoms with van der Waals surface area (Å²) >= 11 is 0. The van der Waals surface area contributed by atoms with Crippen LogP contribution in [-0.2, 0) is 11.3 Å². The number of terminal acetylenes is 1. The van der Waals surface area contributed by atoms with Crippen LogP contribution in [-0.4, -0.2) is 27.9 Å². The molecule has 7 nitrogen and oxygen atoms in total. The minimum atomic E-state index is -0.373. The van der Waals surface area contributed by atoms with Gasteiger partial charge >= 0.3 is 0 Å². The molecule has 1 aromatic heterocycles. The summed E-state index contributed by atoms with van der Waals surface area (Å²) in [6, 6.07) is 7.31. The molecule has 0 atom stereocenters. The summed E-state index contributed by atoms with van der Waals surface area (Å²) in [6.07, 6.45) is 7.57. The zero-order chi connectivity index (χ0) is 17.0. The van der Waals surface area contributed by atoms with Crippen LogP contribution in [0.25, 0.3) is 10.9 Å². The van der Waals surface area contributed by atoms with Crippen molar-refractivity contribution in [2.75, 3.05) is 6.54 Å². The molecule has 1 aliphatic heterocycles. The molecule has 0 spiro atoms. The van der Waals surface area contributed by atoms with Crippen molar-refractivity contribution in [3.8, 4) is 12.3 Å². The molecular formula is C17H19N5O2. The molecule has 1 aromatic carbocycles. The number of nitrogens with one attached hydrogen (secondary N) is 2. The third kappa shape index (κ3) is 3.54. The Kier molecular flexibility index (Phi) is 4.47. The molecule has 2 aromatic rings. The number of aromatic nitrogens is 2. The Morgan fingerprint density at radius 1 is 1.33 bits per heavy atom. The van der Waals surface area contributed by atoms with Crippen molar-refractivity contribution in [3.05, 3.63) is 34.6 Å². The lowest BCUT2D eigenvalue weighted by Crippen LogP contribution is -2.29. The van der Waals surface area contributed by atoms with Crippen LogP contribution in [0.2, 0.25) is 0 Å². The van der Waals surface area contributed by atoms with Gasteiger partial charge in [-0.1, -0.05) is 12.1 Å². The maximum atomic E-state index is 12.0. The van der Waals surface area contributed by atoms with E-state index in [0.717, 1.165) is 11.9 Å². The number of amides is 1. The summed E-state index contributed by atoms with van der Waals surface area (Å²) in [4.78, 5) is 23.8. The molecule has 7 heteroatoms. The number of H-pyrrole nitrogens is 1. The second-order valence-electron chi connectivity index (χ2n) is 5.85. The number of aryl methyl sites for hydroxylation is 1. The molecule has 124 valence electrons. The SMILES string of the molecule is C#CCCC1(CCNC(=O)CCn2[nH]c(=O)c3ccccc32)N=N1. The van der Waals surface area contributed by atoms with Crippen molar-refractivity contribution < 1.29 is 4.79 Å². The molecule has 1 amide bonds. The zero-order valence-electron chi connectivity index (χ0n) is 13.3. The number of aromatic amines is 1. The Bertz CT molecular complexity index is 865. The lowest BCUT2D eigenvalue weighted by Gasteiger charge is -2.10. The van der Waals surface area contributed by atoms with Crippen LogP contribution < -0.4 is 10.9 Å². The number of hydrogen-bond acceptors (Lipinski definition) is 4. The van der Waals surface area contributed by atoms with Crippen molar-refractivity contribution in [3.63, 3.8) is 0 Å². The monoisotopic (exact) mass is 325 g/mol. The van der Waals surface area contributed by atoms with Gasteiger partial charge in [0.15, 0.2) is 5.66 Å². The van der Waals surface area contributed by atoms with Gasteiger partial charge in [0.1, 0.15) is 0 Å². The van der Waals surface area contributed by atoms with E-state index in [1.54, 1.807) is 10.7 Å². The van der Waals surface area contributed by atoms with Crippen molar-refractivity contribution in [1.29, 1.82) is 0 Å². The lowest BCUT2D eigenvalue weighted by atomic mass is 10.0. The first-order chi connectivity index (χ1) is 11.6. The molecule has 0 fully saturated rings. The van der Waals surface area contributed by atoms with Gasteiger partial charge in [-0.3, -0.25) is 19.4 Å². The van der Waals surface area contributed by atoms with Crippen LogP contribution in [0.15, 0.2) is 39.3 Å². The summed E-state index contributed by atoms with van der Waals surface area (Å²) < 4.78 is 1.71. The third-order valence-electron chi connectivity index (χ3n) is 4.14. The van der Waals surface area contributed by atoms with Gasteiger partial charge < -0.3 is 5.32 Å². The van der Waals surface area contributed by atoms with Gasteiger partial charge in [0, 0.05) is 38.8 Å². The average Bonchev–Trinajstić information content (AvgIpc) is 3.29. The first kappa shape index (κ1) is 16.0. The summed E-state index contributed by atoms with van der Waals surface area (Å²) in [5, 5.41) is 14.3. The highest BCUT2D eigenvalue weighted by Crippen LogP contribution is 2.35. The molecule has 0 radical (unpaired) electrons. The van der Waals surface area contributed by atoms with Crippen LogP contribution in [0, 0.1) is 12.3 Å². The zero-order valence-corrected chi connectivity index (χ0v) is 13.3. The average molecular weight is 325 g/mol. The van der Waals surface area contributed by atoms with Gasteiger partial charge in [-0.25, -0.2) is 0 Å². The van der Waals surface area contributed by atoms with Crippen molar-refractivity contribution in [2.45, 2.75) is 37.9 Å². The normalized spacial score (nSPS) is 14.5. The van der Waals surface area contributed by atoms with Crippen LogP contribution in [0.3, 0.4) is 0 Å². The Morgan fingerprint density at radius 3 is 2.88 bits per heavy atom. The summed E-state index contributed by atoms with van der Waals surface area (Å²) in [7, 11) is 0. The third-order valence-corrected chi connectivity index (χ3v) is 4.14. The molecular weight excluding hydrogens is 306 g/mol. The van der Waals surface area contributed by atoms with Crippen molar-refractivity contribution in [2.24, 2.45) is 10.2 Å². The van der Waals surface area contributed by atoms with Gasteiger partial charge in [0.05, 0.1) is 10.9 Å². The molecule has 3 rings (SSSR count). The van der Waals surface area contributed by atoms with E-state index in [9.17, 15) is 9.59 Å². The fraction of sp³-hybridized carbons (Fsp3) is 0.412. The second kappa shape index (κ2) is 6.71. The highest BCUT2D eigenvalue weighted by atomic mass is 16.1. The number of rotatable bonds is 8. The minimum absolute atomic E-state index is 0.0682. The summed E-state index contributed by atoms with van der Waals surface area (Å²) in [5.74, 6) is 2.51. The van der Waals surface area contributed by atoms with Crippen LogP contribution in [0.5, 0.6) is 0 Å². The standard InChI is InChI=1S/C17H19N5O2/c1-2-3-9-17(20-21-17)10-11-18-15(23)8-12-22-14-7-5-4-6-13(14)16(24)19-22/h1,4-7H,3,8-12H2,(H,18,23)(H,19,24). The smallest absolute Gasteiger partial charge is 0.271 e. The first-order valence-corrected chi connectivity index (χ1v) is 7.95. The molecule has 2 N–H and O–H groups in total. The lowest BCUT2D eigenvalue weighted by molar-refractivity contribution is -0.121. The van der Waals surface area contributed by atoms with E-state index < -0.39 is 0 Å². The number of carbonyl (C=O) groups excluding carboxylic acids is 1. The topological polar surface area (TPSA) is 91.6 Å². The number of hydrogen-bond donors (Lipinski definition) is 2. The van der Waals surface area contributed by atoms with Gasteiger partial charge in [0.2, 0.25) is 5.91 Å². The molecule has 0 saturated carbocycles. The van der Waals surface area contributed by atoms with E-state index in [0.29, 0.717) is 37.7 Å². The highest BCUT2D eigenvalue weighted by Gasteiger charge is 2.38. The summed E-state index contributed by atoms with van der Waals surface area (Å²) in [6.45, 7) is 0.935. The van der Waals surface area contributed by atoms with Gasteiger partial charge in [-0.15, -0.1) is 12.3 Å². The number of para-hydroxylation sites is 1. The Balaban J connectivity index is 1.46. The maximum Gasteiger partial charge on any atom is 0.271 e. The van der Waals surface area contributed by atoms with E-state index in [1.807, 2.05) is 18.2 Å². The molecule has 24 heavy (non-hydrogen) atoms. The number of carbonyl (C=O) groups is 1. The number of nitrogens with zero attached hydrogens (tertiary/aromatic N) is 3. The van der Waals surface area contributed by atoms with E-state index in [1.165, 1.54) is 0 Å². The van der Waals surface area contributed by atoms with E-state index in [4.69, 9.17) is 6.42 Å². The minimum Gasteiger partial charge on any atom is -0.356 e. The van der Waals surface area contributed by atoms with Gasteiger partial charge in [0.25, 0.3) is 5.56 Å². The van der Waals surface area contributed by atoms with Crippen LogP contribution in [0.4, 0.5) is 0 Å². The predicted molar refractivity (Wildman–Crippen MR) is 90.5 cm³/mol. The number of fused-ring (bicyclic) bond motifs is 1. The maximum absolute atomic E-state index is 12.0. The molecule has 1 aliphatic rings. The fourth-order valence-corrected chi connectivity index (χ4v) is 2.69. The van der Waals surface area contributed by atoms with Crippen LogP contribution >= 0.6 is 0 Å². The van der Waals surface area contributed by atoms with E-state index in [2.05, 4.69) is 26.6 Å². The second-order valence-corrected chi connectivity index (χ2v) is 5.85. The predicted octanol–water partition coefficient (Wildman–Crippen LogP) is 1.80. The summed E-state index contributed by atoms with van der Waals surface area (Å²) in [5.41, 5.74) is 0.291. The molecule has 0 bridgehead atoms. The Labute approximate surface area is 139 Å². The van der Waals surface area contributed by atoms with Gasteiger partial charge in [-0.2, -0.15) is 10.2 Å². The highest BCUT2D eigenvalue weighted by molar-refractivity contribution is 5.79. The molecule has 0 unspecified atom stereocenters. The van der Waals surface area contributed by atoms with Crippen molar-refractivity contribution in [1.82, 2.24) is 15.1 Å². The van der Waals surface area contributed by atoms with Crippen LogP contribution in [0.1, 0.15) is 25.7 Å². The molecule has 0 aliphatic carbocycles. The number of benzene rings is 1. The molecule has 2 heterocycles. The fourth-order valence-electron chi connectivity index (χ4n) is 2.69. The van der Waals surface area contributed by atoms with Crippen molar-refractivity contribution >= 4 is 16.8 Å². The van der Waals surface area contributed by atoms with Gasteiger partial charge in [-0.05, 0) is 12.1 Å². The quantitative estimate of drug-likeness (QED) is 0.724. The Morgan fingerprint density at radius 2 is 2.12 bits per heavy atom. The van der Waals surface area contributed by atoms with E-state index in [-0.39, 0.29) is 17.1 Å². The molecule has 0 saturated heterocycles. The largest absolute Gasteiger partial charge is 0.356 e. The first-order valence-electron chi connectivity index (χ1n) is 7.95.